The van der Waals surface area contributed by atoms with Crippen molar-refractivity contribution in [3.8, 4) is 5.75 Å². The summed E-state index contributed by atoms with van der Waals surface area (Å²) in [6, 6.07) is 6.28. The number of hydrogen-bond donors (Lipinski definition) is 1. The third kappa shape index (κ3) is 3.32. The SMILES string of the molecule is CCN(CC)c1ccc2c(c1)OCC(C=CC(=O)O)C2. The van der Waals surface area contributed by atoms with E-state index in [0.717, 1.165) is 30.8 Å². The van der Waals surface area contributed by atoms with Crippen LogP contribution >= 0.6 is 0 Å². The van der Waals surface area contributed by atoms with Gasteiger partial charge in [-0.1, -0.05) is 12.1 Å². The zero-order chi connectivity index (χ0) is 14.5. The van der Waals surface area contributed by atoms with Crippen molar-refractivity contribution in [2.24, 2.45) is 5.92 Å². The Kier molecular flexibility index (Phi) is 4.66. The molecule has 108 valence electrons. The molecule has 0 bridgehead atoms. The Morgan fingerprint density at radius 3 is 2.85 bits per heavy atom. The largest absolute Gasteiger partial charge is 0.493 e. The Balaban J connectivity index is 2.13. The van der Waals surface area contributed by atoms with E-state index in [1.54, 1.807) is 6.08 Å². The summed E-state index contributed by atoms with van der Waals surface area (Å²) in [4.78, 5) is 12.8. The fourth-order valence-corrected chi connectivity index (χ4v) is 2.51. The van der Waals surface area contributed by atoms with Crippen molar-refractivity contribution in [1.82, 2.24) is 0 Å². The van der Waals surface area contributed by atoms with Crippen LogP contribution in [0.5, 0.6) is 5.75 Å². The molecule has 1 aliphatic heterocycles. The van der Waals surface area contributed by atoms with Gasteiger partial charge >= 0.3 is 5.97 Å². The van der Waals surface area contributed by atoms with E-state index in [1.165, 1.54) is 11.8 Å². The van der Waals surface area contributed by atoms with Crippen LogP contribution in [0.15, 0.2) is 30.4 Å². The molecule has 0 radical (unpaired) electrons. The van der Waals surface area contributed by atoms with Crippen molar-refractivity contribution in [3.05, 3.63) is 35.9 Å². The Morgan fingerprint density at radius 2 is 2.20 bits per heavy atom. The summed E-state index contributed by atoms with van der Waals surface area (Å²) >= 11 is 0. The molecule has 0 saturated heterocycles. The maximum Gasteiger partial charge on any atom is 0.327 e. The van der Waals surface area contributed by atoms with Gasteiger partial charge in [-0.15, -0.1) is 0 Å². The van der Waals surface area contributed by atoms with E-state index in [2.05, 4.69) is 36.9 Å². The van der Waals surface area contributed by atoms with Crippen LogP contribution in [-0.2, 0) is 11.2 Å². The molecule has 0 amide bonds. The lowest BCUT2D eigenvalue weighted by Crippen LogP contribution is -2.23. The number of carboxylic acids is 1. The summed E-state index contributed by atoms with van der Waals surface area (Å²) < 4.78 is 5.78. The van der Waals surface area contributed by atoms with Crippen molar-refractivity contribution in [2.45, 2.75) is 20.3 Å². The van der Waals surface area contributed by atoms with Crippen molar-refractivity contribution in [2.75, 3.05) is 24.6 Å². The molecule has 20 heavy (non-hydrogen) atoms. The number of ether oxygens (including phenoxy) is 1. The average molecular weight is 275 g/mol. The second-order valence-electron chi connectivity index (χ2n) is 4.94. The van der Waals surface area contributed by atoms with E-state index in [0.29, 0.717) is 6.61 Å². The lowest BCUT2D eigenvalue weighted by atomic mass is 9.96. The monoisotopic (exact) mass is 275 g/mol. The highest BCUT2D eigenvalue weighted by Gasteiger charge is 2.19. The van der Waals surface area contributed by atoms with E-state index < -0.39 is 5.97 Å². The Bertz CT molecular complexity index is 506. The lowest BCUT2D eigenvalue weighted by Gasteiger charge is -2.26. The number of aliphatic carboxylic acids is 1. The number of fused-ring (bicyclic) bond motifs is 1. The maximum atomic E-state index is 10.5. The van der Waals surface area contributed by atoms with Crippen LogP contribution in [0.1, 0.15) is 19.4 Å². The average Bonchev–Trinajstić information content (AvgIpc) is 2.46. The second-order valence-corrected chi connectivity index (χ2v) is 4.94. The molecule has 2 rings (SSSR count). The normalized spacial score (nSPS) is 17.6. The standard InChI is InChI=1S/C16H21NO3/c1-3-17(4-2)14-7-6-13-9-12(5-8-16(18)19)11-20-15(13)10-14/h5-8,10,12H,3-4,9,11H2,1-2H3,(H,18,19). The van der Waals surface area contributed by atoms with E-state index in [4.69, 9.17) is 9.84 Å². The van der Waals surface area contributed by atoms with Crippen LogP contribution in [0, 0.1) is 5.92 Å². The molecule has 0 aliphatic carbocycles. The van der Waals surface area contributed by atoms with Gasteiger partial charge in [-0.05, 0) is 31.9 Å². The highest BCUT2D eigenvalue weighted by molar-refractivity contribution is 5.79. The fourth-order valence-electron chi connectivity index (χ4n) is 2.51. The van der Waals surface area contributed by atoms with Crippen LogP contribution in [-0.4, -0.2) is 30.8 Å². The van der Waals surface area contributed by atoms with Crippen LogP contribution < -0.4 is 9.64 Å². The number of rotatable bonds is 5. The van der Waals surface area contributed by atoms with Gasteiger partial charge in [0.1, 0.15) is 5.75 Å². The zero-order valence-corrected chi connectivity index (χ0v) is 12.0. The Labute approximate surface area is 119 Å². The van der Waals surface area contributed by atoms with Gasteiger partial charge in [0.05, 0.1) is 6.61 Å². The van der Waals surface area contributed by atoms with Crippen LogP contribution in [0.4, 0.5) is 5.69 Å². The molecule has 0 fully saturated rings. The van der Waals surface area contributed by atoms with E-state index in [-0.39, 0.29) is 5.92 Å². The van der Waals surface area contributed by atoms with Gasteiger partial charge in [-0.3, -0.25) is 0 Å². The van der Waals surface area contributed by atoms with Gasteiger partial charge < -0.3 is 14.7 Å². The summed E-state index contributed by atoms with van der Waals surface area (Å²) in [6.07, 6.45) is 3.74. The van der Waals surface area contributed by atoms with Gasteiger partial charge in [0.25, 0.3) is 0 Å². The van der Waals surface area contributed by atoms with E-state index in [9.17, 15) is 4.79 Å². The summed E-state index contributed by atoms with van der Waals surface area (Å²) in [5.74, 6) is 0.153. The minimum atomic E-state index is -0.910. The number of anilines is 1. The number of carboxylic acid groups (broad SMARTS) is 1. The third-order valence-corrected chi connectivity index (χ3v) is 3.63. The molecule has 0 saturated carbocycles. The maximum absolute atomic E-state index is 10.5. The summed E-state index contributed by atoms with van der Waals surface area (Å²) in [6.45, 7) is 6.75. The first-order chi connectivity index (χ1) is 9.63. The fraction of sp³-hybridized carbons (Fsp3) is 0.438. The summed E-state index contributed by atoms with van der Waals surface area (Å²) in [5, 5.41) is 8.66. The summed E-state index contributed by atoms with van der Waals surface area (Å²) in [7, 11) is 0. The highest BCUT2D eigenvalue weighted by atomic mass is 16.5. The first kappa shape index (κ1) is 14.4. The Morgan fingerprint density at radius 1 is 1.45 bits per heavy atom. The van der Waals surface area contributed by atoms with Gasteiger partial charge in [-0.25, -0.2) is 4.79 Å². The molecular weight excluding hydrogens is 254 g/mol. The smallest absolute Gasteiger partial charge is 0.327 e. The molecule has 1 unspecified atom stereocenters. The Hall–Kier alpha value is -1.97. The zero-order valence-electron chi connectivity index (χ0n) is 12.0. The van der Waals surface area contributed by atoms with E-state index >= 15 is 0 Å². The van der Waals surface area contributed by atoms with Gasteiger partial charge in [0.2, 0.25) is 0 Å². The van der Waals surface area contributed by atoms with E-state index in [1.807, 2.05) is 0 Å². The molecule has 1 atom stereocenters. The number of benzene rings is 1. The number of hydrogen-bond acceptors (Lipinski definition) is 3. The van der Waals surface area contributed by atoms with Crippen LogP contribution in [0.3, 0.4) is 0 Å². The molecule has 1 aliphatic rings. The highest BCUT2D eigenvalue weighted by Crippen LogP contribution is 2.31. The number of nitrogens with zero attached hydrogens (tertiary/aromatic N) is 1. The molecule has 0 aromatic heterocycles. The molecule has 1 aromatic carbocycles. The predicted molar refractivity (Wildman–Crippen MR) is 79.5 cm³/mol. The van der Waals surface area contributed by atoms with Gasteiger partial charge in [-0.2, -0.15) is 0 Å². The predicted octanol–water partition coefficient (Wildman–Crippen LogP) is 2.72. The first-order valence-electron chi connectivity index (χ1n) is 7.05. The third-order valence-electron chi connectivity index (χ3n) is 3.63. The molecule has 4 heteroatoms. The second kappa shape index (κ2) is 6.46. The molecule has 1 heterocycles. The van der Waals surface area contributed by atoms with Crippen LogP contribution in [0.25, 0.3) is 0 Å². The van der Waals surface area contributed by atoms with Crippen molar-refractivity contribution in [1.29, 1.82) is 0 Å². The molecule has 0 spiro atoms. The first-order valence-corrected chi connectivity index (χ1v) is 7.05. The summed E-state index contributed by atoms with van der Waals surface area (Å²) in [5.41, 5.74) is 2.32. The molecular formula is C16H21NO3. The quantitative estimate of drug-likeness (QED) is 0.839. The minimum Gasteiger partial charge on any atom is -0.493 e. The molecule has 4 nitrogen and oxygen atoms in total. The molecule has 1 N–H and O–H groups in total. The minimum absolute atomic E-state index is 0.137. The number of carbonyl (C=O) groups is 1. The topological polar surface area (TPSA) is 49.8 Å². The van der Waals surface area contributed by atoms with Crippen LogP contribution in [0.2, 0.25) is 0 Å². The van der Waals surface area contributed by atoms with Crippen molar-refractivity contribution in [3.63, 3.8) is 0 Å². The van der Waals surface area contributed by atoms with Crippen molar-refractivity contribution < 1.29 is 14.6 Å². The van der Waals surface area contributed by atoms with Crippen molar-refractivity contribution >= 4 is 11.7 Å². The molecule has 1 aromatic rings. The van der Waals surface area contributed by atoms with Gasteiger partial charge in [0.15, 0.2) is 0 Å². The lowest BCUT2D eigenvalue weighted by molar-refractivity contribution is -0.131. The van der Waals surface area contributed by atoms with Gasteiger partial charge in [0, 0.05) is 36.8 Å².